The maximum atomic E-state index is 13.6. The quantitative estimate of drug-likeness (QED) is 0.926. The van der Waals surface area contributed by atoms with Gasteiger partial charge in [0.15, 0.2) is 0 Å². The van der Waals surface area contributed by atoms with Crippen LogP contribution in [-0.2, 0) is 6.54 Å². The first-order chi connectivity index (χ1) is 9.61. The van der Waals surface area contributed by atoms with Gasteiger partial charge in [-0.15, -0.1) is 0 Å². The SMILES string of the molecule is COc1ccccc1CNC(=O)c1cc(Br)ccc1F. The summed E-state index contributed by atoms with van der Waals surface area (Å²) < 4.78 is 19.4. The fraction of sp³-hybridized carbons (Fsp3) is 0.133. The van der Waals surface area contributed by atoms with Gasteiger partial charge in [0.1, 0.15) is 11.6 Å². The molecule has 2 aromatic carbocycles. The molecule has 0 saturated heterocycles. The fourth-order valence-electron chi connectivity index (χ4n) is 1.79. The Morgan fingerprint density at radius 1 is 1.30 bits per heavy atom. The van der Waals surface area contributed by atoms with Crippen LogP contribution in [0, 0.1) is 5.82 Å². The van der Waals surface area contributed by atoms with Crippen LogP contribution in [0.2, 0.25) is 0 Å². The van der Waals surface area contributed by atoms with Crippen molar-refractivity contribution in [3.8, 4) is 5.75 Å². The lowest BCUT2D eigenvalue weighted by atomic mass is 10.1. The summed E-state index contributed by atoms with van der Waals surface area (Å²) in [6.07, 6.45) is 0. The van der Waals surface area contributed by atoms with Crippen LogP contribution in [0.4, 0.5) is 4.39 Å². The third kappa shape index (κ3) is 3.36. The number of halogens is 2. The molecular formula is C15H13BrFNO2. The summed E-state index contributed by atoms with van der Waals surface area (Å²) in [7, 11) is 1.56. The highest BCUT2D eigenvalue weighted by atomic mass is 79.9. The van der Waals surface area contributed by atoms with E-state index in [1.807, 2.05) is 18.2 Å². The number of carbonyl (C=O) groups excluding carboxylic acids is 1. The molecule has 20 heavy (non-hydrogen) atoms. The van der Waals surface area contributed by atoms with Crippen molar-refractivity contribution in [2.45, 2.75) is 6.54 Å². The predicted molar refractivity (Wildman–Crippen MR) is 78.3 cm³/mol. The van der Waals surface area contributed by atoms with Crippen molar-refractivity contribution >= 4 is 21.8 Å². The smallest absolute Gasteiger partial charge is 0.254 e. The van der Waals surface area contributed by atoms with E-state index in [-0.39, 0.29) is 12.1 Å². The molecule has 0 heterocycles. The van der Waals surface area contributed by atoms with Gasteiger partial charge in [0.25, 0.3) is 5.91 Å². The minimum absolute atomic E-state index is 0.00859. The van der Waals surface area contributed by atoms with Gasteiger partial charge in [-0.2, -0.15) is 0 Å². The van der Waals surface area contributed by atoms with Gasteiger partial charge in [0, 0.05) is 16.6 Å². The average molecular weight is 338 g/mol. The van der Waals surface area contributed by atoms with Crippen LogP contribution in [0.3, 0.4) is 0 Å². The summed E-state index contributed by atoms with van der Waals surface area (Å²) in [6, 6.07) is 11.6. The Morgan fingerprint density at radius 2 is 2.05 bits per heavy atom. The lowest BCUT2D eigenvalue weighted by Crippen LogP contribution is -2.24. The van der Waals surface area contributed by atoms with Gasteiger partial charge >= 0.3 is 0 Å². The molecular weight excluding hydrogens is 325 g/mol. The molecule has 0 radical (unpaired) electrons. The van der Waals surface area contributed by atoms with E-state index in [0.29, 0.717) is 10.2 Å². The van der Waals surface area contributed by atoms with Gasteiger partial charge in [-0.3, -0.25) is 4.79 Å². The Morgan fingerprint density at radius 3 is 2.80 bits per heavy atom. The van der Waals surface area contributed by atoms with Crippen LogP contribution in [0.15, 0.2) is 46.9 Å². The molecule has 2 aromatic rings. The van der Waals surface area contributed by atoms with Crippen molar-refractivity contribution in [3.63, 3.8) is 0 Å². The Bertz CT molecular complexity index is 631. The third-order valence-corrected chi connectivity index (χ3v) is 3.30. The van der Waals surface area contributed by atoms with Gasteiger partial charge in [-0.1, -0.05) is 34.1 Å². The number of benzene rings is 2. The van der Waals surface area contributed by atoms with Gasteiger partial charge in [0.05, 0.1) is 12.7 Å². The van der Waals surface area contributed by atoms with E-state index in [1.54, 1.807) is 19.2 Å². The van der Waals surface area contributed by atoms with E-state index < -0.39 is 11.7 Å². The van der Waals surface area contributed by atoms with Crippen LogP contribution in [0.25, 0.3) is 0 Å². The lowest BCUT2D eigenvalue weighted by Gasteiger charge is -2.10. The number of hydrogen-bond acceptors (Lipinski definition) is 2. The summed E-state index contributed by atoms with van der Waals surface area (Å²) >= 11 is 3.22. The van der Waals surface area contributed by atoms with Gasteiger partial charge in [-0.25, -0.2) is 4.39 Å². The largest absolute Gasteiger partial charge is 0.496 e. The zero-order chi connectivity index (χ0) is 14.5. The Hall–Kier alpha value is -1.88. The van der Waals surface area contributed by atoms with Crippen molar-refractivity contribution in [1.82, 2.24) is 5.32 Å². The number of carbonyl (C=O) groups is 1. The topological polar surface area (TPSA) is 38.3 Å². The monoisotopic (exact) mass is 337 g/mol. The summed E-state index contributed by atoms with van der Waals surface area (Å²) in [4.78, 5) is 12.0. The maximum Gasteiger partial charge on any atom is 0.254 e. The summed E-state index contributed by atoms with van der Waals surface area (Å²) in [5, 5.41) is 2.68. The number of ether oxygens (including phenoxy) is 1. The number of methoxy groups -OCH3 is 1. The normalized spacial score (nSPS) is 10.2. The molecule has 0 bridgehead atoms. The Kier molecular flexibility index (Phi) is 4.74. The molecule has 0 aliphatic heterocycles. The van der Waals surface area contributed by atoms with Gasteiger partial charge in [-0.05, 0) is 24.3 Å². The van der Waals surface area contributed by atoms with E-state index >= 15 is 0 Å². The highest BCUT2D eigenvalue weighted by Gasteiger charge is 2.12. The third-order valence-electron chi connectivity index (χ3n) is 2.80. The van der Waals surface area contributed by atoms with E-state index in [1.165, 1.54) is 12.1 Å². The molecule has 104 valence electrons. The number of amides is 1. The van der Waals surface area contributed by atoms with E-state index in [4.69, 9.17) is 4.74 Å². The molecule has 5 heteroatoms. The molecule has 0 unspecified atom stereocenters. The Labute approximate surface area is 124 Å². The van der Waals surface area contributed by atoms with Crippen LogP contribution in [0.1, 0.15) is 15.9 Å². The second-order valence-electron chi connectivity index (χ2n) is 4.12. The first-order valence-corrected chi connectivity index (χ1v) is 6.76. The van der Waals surface area contributed by atoms with Crippen LogP contribution in [-0.4, -0.2) is 13.0 Å². The van der Waals surface area contributed by atoms with Gasteiger partial charge in [0.2, 0.25) is 0 Å². The highest BCUT2D eigenvalue weighted by Crippen LogP contribution is 2.18. The van der Waals surface area contributed by atoms with Crippen LogP contribution >= 0.6 is 15.9 Å². The molecule has 3 nitrogen and oxygen atoms in total. The number of para-hydroxylation sites is 1. The van der Waals surface area contributed by atoms with Gasteiger partial charge < -0.3 is 10.1 Å². The molecule has 0 aliphatic carbocycles. The summed E-state index contributed by atoms with van der Waals surface area (Å²) in [5.74, 6) is -0.331. The fourth-order valence-corrected chi connectivity index (χ4v) is 2.15. The van der Waals surface area contributed by atoms with Crippen molar-refractivity contribution in [2.75, 3.05) is 7.11 Å². The molecule has 0 aromatic heterocycles. The standard InChI is InChI=1S/C15H13BrFNO2/c1-20-14-5-3-2-4-10(14)9-18-15(19)12-8-11(16)6-7-13(12)17/h2-8H,9H2,1H3,(H,18,19). The lowest BCUT2D eigenvalue weighted by molar-refractivity contribution is 0.0946. The molecule has 0 saturated carbocycles. The number of hydrogen-bond donors (Lipinski definition) is 1. The number of nitrogens with one attached hydrogen (secondary N) is 1. The maximum absolute atomic E-state index is 13.6. The second-order valence-corrected chi connectivity index (χ2v) is 5.03. The average Bonchev–Trinajstić information content (AvgIpc) is 2.47. The molecule has 1 N–H and O–H groups in total. The van der Waals surface area contributed by atoms with Crippen LogP contribution in [0.5, 0.6) is 5.75 Å². The predicted octanol–water partition coefficient (Wildman–Crippen LogP) is 3.53. The number of rotatable bonds is 4. The van der Waals surface area contributed by atoms with E-state index in [2.05, 4.69) is 21.2 Å². The minimum Gasteiger partial charge on any atom is -0.496 e. The van der Waals surface area contributed by atoms with Crippen molar-refractivity contribution < 1.29 is 13.9 Å². The molecule has 0 spiro atoms. The summed E-state index contributed by atoms with van der Waals surface area (Å²) in [5.41, 5.74) is 0.841. The molecule has 0 fully saturated rings. The van der Waals surface area contributed by atoms with Crippen molar-refractivity contribution in [1.29, 1.82) is 0 Å². The van der Waals surface area contributed by atoms with E-state index in [9.17, 15) is 9.18 Å². The molecule has 1 amide bonds. The summed E-state index contributed by atoms with van der Waals surface area (Å²) in [6.45, 7) is 0.273. The molecule has 0 aliphatic rings. The molecule has 0 atom stereocenters. The van der Waals surface area contributed by atoms with E-state index in [0.717, 1.165) is 5.56 Å². The first kappa shape index (κ1) is 14.5. The van der Waals surface area contributed by atoms with Crippen molar-refractivity contribution in [2.24, 2.45) is 0 Å². The zero-order valence-corrected chi connectivity index (χ0v) is 12.4. The van der Waals surface area contributed by atoms with Crippen LogP contribution < -0.4 is 10.1 Å². The highest BCUT2D eigenvalue weighted by molar-refractivity contribution is 9.10. The first-order valence-electron chi connectivity index (χ1n) is 5.97. The Balaban J connectivity index is 2.11. The second kappa shape index (κ2) is 6.52. The minimum atomic E-state index is -0.550. The molecule has 2 rings (SSSR count). The van der Waals surface area contributed by atoms with Crippen molar-refractivity contribution in [3.05, 3.63) is 63.9 Å². The zero-order valence-electron chi connectivity index (χ0n) is 10.8.